The molecular weight excluding hydrogens is 272 g/mol. The zero-order valence-electron chi connectivity index (χ0n) is 9.57. The van der Waals surface area contributed by atoms with Crippen molar-refractivity contribution in [3.63, 3.8) is 0 Å². The highest BCUT2D eigenvalue weighted by molar-refractivity contribution is 7.16. The lowest BCUT2D eigenvalue weighted by Gasteiger charge is -2.12. The van der Waals surface area contributed by atoms with Crippen LogP contribution in [0.5, 0.6) is 0 Å². The Morgan fingerprint density at radius 3 is 2.53 bits per heavy atom. The molecule has 0 radical (unpaired) electrons. The molecule has 0 saturated carbocycles. The van der Waals surface area contributed by atoms with E-state index < -0.39 is 0 Å². The topological polar surface area (TPSA) is 38.0 Å². The van der Waals surface area contributed by atoms with Crippen molar-refractivity contribution in [3.8, 4) is 0 Å². The molecule has 0 amide bonds. The molecule has 1 atom stereocenters. The molecule has 0 aliphatic carbocycles. The summed E-state index contributed by atoms with van der Waals surface area (Å²) in [5.41, 5.74) is 2.87. The van der Waals surface area contributed by atoms with E-state index in [1.165, 1.54) is 14.6 Å². The molecule has 2 aromatic heterocycles. The van der Waals surface area contributed by atoms with Crippen LogP contribution in [0.3, 0.4) is 0 Å². The van der Waals surface area contributed by atoms with Gasteiger partial charge in [0, 0.05) is 21.1 Å². The number of nitrogens with one attached hydrogen (secondary N) is 1. The first kappa shape index (κ1) is 13.1. The van der Waals surface area contributed by atoms with Gasteiger partial charge in [-0.15, -0.1) is 22.7 Å². The highest BCUT2D eigenvalue weighted by Gasteiger charge is 2.14. The molecule has 2 rings (SSSR count). The van der Waals surface area contributed by atoms with Gasteiger partial charge < -0.3 is 0 Å². The van der Waals surface area contributed by atoms with Crippen molar-refractivity contribution in [1.82, 2.24) is 5.43 Å². The summed E-state index contributed by atoms with van der Waals surface area (Å²) in [6.45, 7) is 2.17. The number of thiophene rings is 2. The molecule has 2 heterocycles. The van der Waals surface area contributed by atoms with E-state index in [1.807, 2.05) is 23.5 Å². The fraction of sp³-hybridized carbons (Fsp3) is 0.333. The van der Waals surface area contributed by atoms with Gasteiger partial charge in [0.2, 0.25) is 0 Å². The smallest absolute Gasteiger partial charge is 0.0931 e. The molecule has 17 heavy (non-hydrogen) atoms. The van der Waals surface area contributed by atoms with Crippen molar-refractivity contribution in [2.75, 3.05) is 0 Å². The molecule has 0 aliphatic heterocycles. The Bertz CT molecular complexity index is 478. The van der Waals surface area contributed by atoms with Crippen molar-refractivity contribution in [2.24, 2.45) is 5.84 Å². The van der Waals surface area contributed by atoms with Crippen molar-refractivity contribution >= 4 is 34.3 Å². The largest absolute Gasteiger partial charge is 0.271 e. The highest BCUT2D eigenvalue weighted by Crippen LogP contribution is 2.30. The van der Waals surface area contributed by atoms with Crippen LogP contribution in [0.25, 0.3) is 0 Å². The fourth-order valence-electron chi connectivity index (χ4n) is 1.68. The van der Waals surface area contributed by atoms with Crippen LogP contribution in [-0.2, 0) is 12.8 Å². The molecule has 0 fully saturated rings. The molecule has 1 unspecified atom stereocenters. The predicted molar refractivity (Wildman–Crippen MR) is 76.8 cm³/mol. The molecule has 0 bridgehead atoms. The third-order valence-electron chi connectivity index (χ3n) is 2.61. The van der Waals surface area contributed by atoms with Gasteiger partial charge in [0.05, 0.1) is 10.4 Å². The Labute approximate surface area is 114 Å². The Morgan fingerprint density at radius 2 is 2.00 bits per heavy atom. The molecule has 0 saturated heterocycles. The van der Waals surface area contributed by atoms with Gasteiger partial charge >= 0.3 is 0 Å². The van der Waals surface area contributed by atoms with E-state index >= 15 is 0 Å². The summed E-state index contributed by atoms with van der Waals surface area (Å²) in [6.07, 6.45) is 2.01. The van der Waals surface area contributed by atoms with Crippen molar-refractivity contribution in [3.05, 3.63) is 43.2 Å². The average Bonchev–Trinajstić information content (AvgIpc) is 2.94. The molecule has 3 N–H and O–H groups in total. The van der Waals surface area contributed by atoms with Crippen molar-refractivity contribution < 1.29 is 0 Å². The molecular formula is C12H15ClN2S2. The Hall–Kier alpha value is -0.390. The van der Waals surface area contributed by atoms with Gasteiger partial charge in [0.15, 0.2) is 0 Å². The van der Waals surface area contributed by atoms with Gasteiger partial charge in [0.25, 0.3) is 0 Å². The van der Waals surface area contributed by atoms with E-state index in [1.54, 1.807) is 11.3 Å². The number of rotatable bonds is 5. The molecule has 2 nitrogen and oxygen atoms in total. The average molecular weight is 287 g/mol. The Kier molecular flexibility index (Phi) is 4.59. The van der Waals surface area contributed by atoms with Crippen LogP contribution in [0.4, 0.5) is 0 Å². The van der Waals surface area contributed by atoms with Crippen LogP contribution in [0.1, 0.15) is 27.6 Å². The maximum Gasteiger partial charge on any atom is 0.0931 e. The molecule has 0 aliphatic rings. The van der Waals surface area contributed by atoms with Crippen LogP contribution >= 0.6 is 34.3 Å². The number of hydrazine groups is 1. The summed E-state index contributed by atoms with van der Waals surface area (Å²) < 4.78 is 0.806. The standard InChI is InChI=1S/C12H15ClN2S2/c1-2-8-3-4-9(16-8)7-10(15-14)11-5-6-12(13)17-11/h3-6,10,15H,2,7,14H2,1H3. The maximum atomic E-state index is 5.94. The summed E-state index contributed by atoms with van der Waals surface area (Å²) >= 11 is 9.38. The van der Waals surface area contributed by atoms with E-state index in [-0.39, 0.29) is 6.04 Å². The molecule has 92 valence electrons. The normalized spacial score (nSPS) is 12.9. The number of hydrogen-bond donors (Lipinski definition) is 2. The maximum absolute atomic E-state index is 5.94. The van der Waals surface area contributed by atoms with Crippen molar-refractivity contribution in [1.29, 1.82) is 0 Å². The van der Waals surface area contributed by atoms with E-state index in [0.29, 0.717) is 0 Å². The van der Waals surface area contributed by atoms with Gasteiger partial charge in [-0.2, -0.15) is 0 Å². The fourth-order valence-corrected chi connectivity index (χ4v) is 3.80. The quantitative estimate of drug-likeness (QED) is 0.648. The predicted octanol–water partition coefficient (Wildman–Crippen LogP) is 3.77. The van der Waals surface area contributed by atoms with Gasteiger partial charge in [-0.1, -0.05) is 18.5 Å². The second-order valence-electron chi connectivity index (χ2n) is 3.79. The molecule has 0 spiro atoms. The first-order valence-corrected chi connectivity index (χ1v) is 7.53. The Morgan fingerprint density at radius 1 is 1.24 bits per heavy atom. The second kappa shape index (κ2) is 5.98. The second-order valence-corrected chi connectivity index (χ2v) is 6.79. The van der Waals surface area contributed by atoms with E-state index in [2.05, 4.69) is 24.5 Å². The van der Waals surface area contributed by atoms with Crippen LogP contribution in [0.15, 0.2) is 24.3 Å². The highest BCUT2D eigenvalue weighted by atomic mass is 35.5. The van der Waals surface area contributed by atoms with Gasteiger partial charge in [-0.3, -0.25) is 11.3 Å². The summed E-state index contributed by atoms with van der Waals surface area (Å²) in [5.74, 6) is 5.62. The summed E-state index contributed by atoms with van der Waals surface area (Å²) in [7, 11) is 0. The van der Waals surface area contributed by atoms with Crippen LogP contribution in [0.2, 0.25) is 4.34 Å². The van der Waals surface area contributed by atoms with E-state index in [9.17, 15) is 0 Å². The van der Waals surface area contributed by atoms with E-state index in [0.717, 1.165) is 17.2 Å². The lowest BCUT2D eigenvalue weighted by atomic mass is 10.1. The monoisotopic (exact) mass is 286 g/mol. The zero-order chi connectivity index (χ0) is 12.3. The molecule has 2 aromatic rings. The summed E-state index contributed by atoms with van der Waals surface area (Å²) in [5, 5.41) is 0. The SMILES string of the molecule is CCc1ccc(CC(NN)c2ccc(Cl)s2)s1. The summed E-state index contributed by atoms with van der Waals surface area (Å²) in [4.78, 5) is 3.96. The van der Waals surface area contributed by atoms with Crippen LogP contribution in [-0.4, -0.2) is 0 Å². The van der Waals surface area contributed by atoms with E-state index in [4.69, 9.17) is 17.4 Å². The van der Waals surface area contributed by atoms with Crippen molar-refractivity contribution in [2.45, 2.75) is 25.8 Å². The van der Waals surface area contributed by atoms with Crippen LogP contribution in [0, 0.1) is 0 Å². The van der Waals surface area contributed by atoms with Gasteiger partial charge in [-0.05, 0) is 30.7 Å². The third-order valence-corrected chi connectivity index (χ3v) is 5.21. The zero-order valence-corrected chi connectivity index (χ0v) is 12.0. The molecule has 0 aromatic carbocycles. The Balaban J connectivity index is 2.09. The number of hydrogen-bond acceptors (Lipinski definition) is 4. The molecule has 5 heteroatoms. The lowest BCUT2D eigenvalue weighted by Crippen LogP contribution is -2.28. The van der Waals surface area contributed by atoms with Crippen LogP contribution < -0.4 is 11.3 Å². The summed E-state index contributed by atoms with van der Waals surface area (Å²) in [6, 6.07) is 8.47. The van der Waals surface area contributed by atoms with Gasteiger partial charge in [-0.25, -0.2) is 0 Å². The minimum atomic E-state index is 0.149. The first-order valence-electron chi connectivity index (χ1n) is 5.52. The third kappa shape index (κ3) is 3.30. The number of aryl methyl sites for hydroxylation is 1. The minimum Gasteiger partial charge on any atom is -0.271 e. The minimum absolute atomic E-state index is 0.149. The first-order chi connectivity index (χ1) is 8.22. The number of nitrogens with two attached hydrogens (primary N) is 1. The van der Waals surface area contributed by atoms with Gasteiger partial charge in [0.1, 0.15) is 0 Å². The number of halogens is 1. The lowest BCUT2D eigenvalue weighted by molar-refractivity contribution is 0.564.